The lowest BCUT2D eigenvalue weighted by Crippen LogP contribution is -2.30. The largest absolute Gasteiger partial charge is 0.366 e. The van der Waals surface area contributed by atoms with Gasteiger partial charge in [0.1, 0.15) is 5.82 Å². The molecule has 2 N–H and O–H groups in total. The first-order valence-corrected chi connectivity index (χ1v) is 8.85. The van der Waals surface area contributed by atoms with Crippen molar-refractivity contribution in [3.63, 3.8) is 0 Å². The summed E-state index contributed by atoms with van der Waals surface area (Å²) in [5.74, 6) is 3.01. The molecular weight excluding hydrogens is 328 g/mol. The van der Waals surface area contributed by atoms with Crippen molar-refractivity contribution in [3.05, 3.63) is 10.7 Å². The van der Waals surface area contributed by atoms with Crippen LogP contribution in [-0.4, -0.2) is 38.3 Å². The van der Waals surface area contributed by atoms with E-state index in [-0.39, 0.29) is 0 Å². The summed E-state index contributed by atoms with van der Waals surface area (Å²) in [7, 11) is -0.630. The first-order valence-electron chi connectivity index (χ1n) is 6.57. The molecular formula is C12H19BrN4OS. The van der Waals surface area contributed by atoms with E-state index in [1.165, 1.54) is 0 Å². The molecule has 0 bridgehead atoms. The van der Waals surface area contributed by atoms with E-state index in [2.05, 4.69) is 43.5 Å². The normalized spacial score (nSPS) is 23.1. The summed E-state index contributed by atoms with van der Waals surface area (Å²) >= 11 is 3.46. The summed E-state index contributed by atoms with van der Waals surface area (Å²) < 4.78 is 12.2. The van der Waals surface area contributed by atoms with E-state index in [1.54, 1.807) is 6.20 Å². The predicted octanol–water partition coefficient (Wildman–Crippen LogP) is 2.38. The molecule has 1 aliphatic rings. The van der Waals surface area contributed by atoms with Gasteiger partial charge in [-0.25, -0.2) is 4.98 Å². The minimum absolute atomic E-state index is 0.350. The summed E-state index contributed by atoms with van der Waals surface area (Å²) in [6.07, 6.45) is 4.66. The van der Waals surface area contributed by atoms with E-state index in [4.69, 9.17) is 0 Å². The van der Waals surface area contributed by atoms with Gasteiger partial charge in [0.15, 0.2) is 0 Å². The van der Waals surface area contributed by atoms with E-state index in [0.29, 0.717) is 12.0 Å². The zero-order valence-electron chi connectivity index (χ0n) is 11.0. The van der Waals surface area contributed by atoms with Crippen LogP contribution in [0.3, 0.4) is 0 Å². The van der Waals surface area contributed by atoms with Gasteiger partial charge in [0.05, 0.1) is 4.47 Å². The first kappa shape index (κ1) is 14.7. The highest BCUT2D eigenvalue weighted by Gasteiger charge is 2.19. The van der Waals surface area contributed by atoms with Crippen molar-refractivity contribution in [1.82, 2.24) is 9.97 Å². The summed E-state index contributed by atoms with van der Waals surface area (Å²) in [5.41, 5.74) is 0. The monoisotopic (exact) mass is 346 g/mol. The van der Waals surface area contributed by atoms with Gasteiger partial charge < -0.3 is 10.6 Å². The second-order valence-corrected chi connectivity index (χ2v) is 7.13. The number of hydrogen-bond donors (Lipinski definition) is 2. The van der Waals surface area contributed by atoms with Crippen molar-refractivity contribution >= 4 is 38.5 Å². The second-order valence-electron chi connectivity index (χ2n) is 4.58. The molecule has 1 aromatic rings. The van der Waals surface area contributed by atoms with Crippen LogP contribution in [0.15, 0.2) is 10.7 Å². The highest BCUT2D eigenvalue weighted by molar-refractivity contribution is 9.10. The van der Waals surface area contributed by atoms with Gasteiger partial charge in [-0.1, -0.05) is 6.92 Å². The third kappa shape index (κ3) is 4.42. The number of anilines is 2. The number of hydrogen-bond acceptors (Lipinski definition) is 5. The Morgan fingerprint density at radius 3 is 2.89 bits per heavy atom. The number of nitrogens with one attached hydrogen (secondary N) is 2. The van der Waals surface area contributed by atoms with Gasteiger partial charge in [0.2, 0.25) is 5.95 Å². The van der Waals surface area contributed by atoms with Gasteiger partial charge in [0.25, 0.3) is 0 Å². The van der Waals surface area contributed by atoms with Gasteiger partial charge in [-0.05, 0) is 35.2 Å². The van der Waals surface area contributed by atoms with Crippen molar-refractivity contribution < 1.29 is 4.21 Å². The molecule has 5 nitrogen and oxygen atoms in total. The molecule has 0 atom stereocenters. The Labute approximate surface area is 124 Å². The zero-order chi connectivity index (χ0) is 13.7. The minimum atomic E-state index is -0.630. The molecule has 106 valence electrons. The van der Waals surface area contributed by atoms with Crippen molar-refractivity contribution in [2.24, 2.45) is 0 Å². The van der Waals surface area contributed by atoms with Crippen LogP contribution in [0.4, 0.5) is 11.8 Å². The smallest absolute Gasteiger partial charge is 0.224 e. The molecule has 0 aliphatic carbocycles. The number of nitrogens with zero attached hydrogens (tertiary/aromatic N) is 2. The van der Waals surface area contributed by atoms with Crippen LogP contribution < -0.4 is 10.6 Å². The fraction of sp³-hybridized carbons (Fsp3) is 0.667. The molecule has 0 saturated carbocycles. The Balaban J connectivity index is 2.00. The van der Waals surface area contributed by atoms with Gasteiger partial charge in [0, 0.05) is 41.1 Å². The van der Waals surface area contributed by atoms with Crippen molar-refractivity contribution in [1.29, 1.82) is 0 Å². The minimum Gasteiger partial charge on any atom is -0.366 e. The Bertz CT molecular complexity index is 447. The molecule has 1 aromatic heterocycles. The number of halogens is 1. The van der Waals surface area contributed by atoms with E-state index in [9.17, 15) is 4.21 Å². The van der Waals surface area contributed by atoms with Gasteiger partial charge in [-0.3, -0.25) is 4.21 Å². The van der Waals surface area contributed by atoms with Crippen LogP contribution in [0, 0.1) is 0 Å². The molecule has 7 heteroatoms. The third-order valence-corrected chi connectivity index (χ3v) is 4.97. The molecule has 1 aliphatic heterocycles. The van der Waals surface area contributed by atoms with E-state index in [1.807, 2.05) is 0 Å². The van der Waals surface area contributed by atoms with Crippen molar-refractivity contribution in [2.45, 2.75) is 32.2 Å². The summed E-state index contributed by atoms with van der Waals surface area (Å²) in [6.45, 7) is 2.97. The lowest BCUT2D eigenvalue weighted by atomic mass is 10.1. The van der Waals surface area contributed by atoms with Gasteiger partial charge in [-0.2, -0.15) is 4.98 Å². The standard InChI is InChI=1S/C12H19BrN4OS/c1-2-5-14-12-15-8-10(13)11(17-12)16-9-3-6-19(18)7-4-9/h8-9H,2-7H2,1H3,(H2,14,15,16,17). The predicted molar refractivity (Wildman–Crippen MR) is 83.0 cm³/mol. The van der Waals surface area contributed by atoms with Gasteiger partial charge >= 0.3 is 0 Å². The van der Waals surface area contributed by atoms with E-state index in [0.717, 1.165) is 47.6 Å². The van der Waals surface area contributed by atoms with Crippen LogP contribution >= 0.6 is 15.9 Å². The SMILES string of the molecule is CCCNc1ncc(Br)c(NC2CCS(=O)CC2)n1. The van der Waals surface area contributed by atoms with Crippen LogP contribution in [0.25, 0.3) is 0 Å². The molecule has 1 fully saturated rings. The Morgan fingerprint density at radius 1 is 1.47 bits per heavy atom. The Morgan fingerprint density at radius 2 is 2.21 bits per heavy atom. The number of aromatic nitrogens is 2. The molecule has 0 amide bonds. The highest BCUT2D eigenvalue weighted by atomic mass is 79.9. The van der Waals surface area contributed by atoms with Crippen LogP contribution in [0.2, 0.25) is 0 Å². The highest BCUT2D eigenvalue weighted by Crippen LogP contribution is 2.23. The maximum absolute atomic E-state index is 11.3. The molecule has 2 heterocycles. The van der Waals surface area contributed by atoms with Crippen molar-refractivity contribution in [2.75, 3.05) is 28.7 Å². The van der Waals surface area contributed by atoms with E-state index >= 15 is 0 Å². The lowest BCUT2D eigenvalue weighted by molar-refractivity contribution is 0.622. The molecule has 0 radical (unpaired) electrons. The summed E-state index contributed by atoms with van der Waals surface area (Å²) in [6, 6.07) is 0.350. The van der Waals surface area contributed by atoms with Crippen LogP contribution in [0.5, 0.6) is 0 Å². The van der Waals surface area contributed by atoms with Crippen LogP contribution in [-0.2, 0) is 10.8 Å². The molecule has 19 heavy (non-hydrogen) atoms. The average Bonchev–Trinajstić information content (AvgIpc) is 2.42. The molecule has 0 aromatic carbocycles. The van der Waals surface area contributed by atoms with E-state index < -0.39 is 10.8 Å². The number of rotatable bonds is 5. The maximum Gasteiger partial charge on any atom is 0.224 e. The Kier molecular flexibility index (Phi) is 5.57. The summed E-state index contributed by atoms with van der Waals surface area (Å²) in [5, 5.41) is 6.59. The molecule has 2 rings (SSSR count). The van der Waals surface area contributed by atoms with Crippen molar-refractivity contribution in [3.8, 4) is 0 Å². The van der Waals surface area contributed by atoms with Gasteiger partial charge in [-0.15, -0.1) is 0 Å². The molecule has 0 spiro atoms. The fourth-order valence-corrected chi connectivity index (χ4v) is 3.53. The zero-order valence-corrected chi connectivity index (χ0v) is 13.4. The lowest BCUT2D eigenvalue weighted by Gasteiger charge is -2.23. The molecule has 0 unspecified atom stereocenters. The Hall–Kier alpha value is -0.690. The first-order chi connectivity index (χ1) is 9.19. The third-order valence-electron chi connectivity index (χ3n) is 3.01. The topological polar surface area (TPSA) is 66.9 Å². The maximum atomic E-state index is 11.3. The van der Waals surface area contributed by atoms with Crippen LogP contribution in [0.1, 0.15) is 26.2 Å². The average molecular weight is 347 g/mol. The molecule has 1 saturated heterocycles. The quantitative estimate of drug-likeness (QED) is 0.856. The second kappa shape index (κ2) is 7.19. The fourth-order valence-electron chi connectivity index (χ4n) is 1.92. The summed E-state index contributed by atoms with van der Waals surface area (Å²) in [4.78, 5) is 8.69.